The van der Waals surface area contributed by atoms with Gasteiger partial charge in [-0.2, -0.15) is 0 Å². The number of ether oxygens (including phenoxy) is 1. The second-order valence-corrected chi connectivity index (χ2v) is 6.30. The minimum Gasteiger partial charge on any atom is -0.378 e. The molecule has 2 aromatic rings. The van der Waals surface area contributed by atoms with Crippen LogP contribution in [0.3, 0.4) is 0 Å². The van der Waals surface area contributed by atoms with Crippen LogP contribution in [0.25, 0.3) is 0 Å². The molecule has 22 heavy (non-hydrogen) atoms. The smallest absolute Gasteiger partial charge is 0.129 e. The molecule has 0 spiro atoms. The molecule has 6 heteroatoms. The molecule has 0 saturated carbocycles. The lowest BCUT2D eigenvalue weighted by atomic mass is 10.2. The fraction of sp³-hybridized carbons (Fsp3) is 0.500. The minimum atomic E-state index is 0.245. The predicted molar refractivity (Wildman–Crippen MR) is 90.8 cm³/mol. The zero-order chi connectivity index (χ0) is 15.4. The molecule has 1 unspecified atom stereocenters. The Morgan fingerprint density at radius 3 is 2.82 bits per heavy atom. The van der Waals surface area contributed by atoms with Crippen LogP contribution in [0.2, 0.25) is 0 Å². The van der Waals surface area contributed by atoms with Crippen LogP contribution in [0, 0.1) is 6.92 Å². The van der Waals surface area contributed by atoms with Crippen molar-refractivity contribution in [3.63, 3.8) is 0 Å². The van der Waals surface area contributed by atoms with Crippen molar-refractivity contribution in [2.75, 3.05) is 36.5 Å². The maximum absolute atomic E-state index is 5.40. The molecular weight excluding hydrogens is 296 g/mol. The first-order valence-electron chi connectivity index (χ1n) is 7.74. The van der Waals surface area contributed by atoms with Gasteiger partial charge in [0, 0.05) is 24.7 Å². The van der Waals surface area contributed by atoms with E-state index in [1.165, 1.54) is 0 Å². The molecule has 2 aromatic heterocycles. The molecule has 0 aromatic carbocycles. The lowest BCUT2D eigenvalue weighted by molar-refractivity contribution is 0.122. The maximum Gasteiger partial charge on any atom is 0.129 e. The molecule has 0 aliphatic carbocycles. The first-order chi connectivity index (χ1) is 10.8. The Kier molecular flexibility index (Phi) is 4.90. The quantitative estimate of drug-likeness (QED) is 0.917. The molecule has 1 aliphatic heterocycles. The molecule has 118 valence electrons. The molecule has 1 atom stereocenters. The lowest BCUT2D eigenvalue weighted by Gasteiger charge is -2.28. The van der Waals surface area contributed by atoms with E-state index in [1.807, 2.05) is 11.6 Å². The number of hydrogen-bond acceptors (Lipinski definition) is 6. The number of aromatic nitrogens is 2. The van der Waals surface area contributed by atoms with E-state index >= 15 is 0 Å². The Labute approximate surface area is 135 Å². The Balaban J connectivity index is 1.74. The Hall–Kier alpha value is -1.66. The predicted octanol–water partition coefficient (Wildman–Crippen LogP) is 3.25. The number of anilines is 2. The molecule has 3 rings (SSSR count). The minimum absolute atomic E-state index is 0.245. The number of morpholine rings is 1. The largest absolute Gasteiger partial charge is 0.378 e. The van der Waals surface area contributed by atoms with Crippen LogP contribution >= 0.6 is 11.3 Å². The standard InChI is InChI=1S/C16H22N4OS/c1-3-13(16-17-6-11-22-16)19-14-4-5-15(18-12(14)2)20-7-9-21-10-8-20/h4-6,11,13,19H,3,7-10H2,1-2H3. The summed E-state index contributed by atoms with van der Waals surface area (Å²) < 4.78 is 5.40. The van der Waals surface area contributed by atoms with Gasteiger partial charge in [-0.3, -0.25) is 0 Å². The molecule has 0 radical (unpaired) electrons. The highest BCUT2D eigenvalue weighted by molar-refractivity contribution is 7.09. The summed E-state index contributed by atoms with van der Waals surface area (Å²) >= 11 is 1.69. The van der Waals surface area contributed by atoms with Crippen molar-refractivity contribution >= 4 is 22.8 Å². The SMILES string of the molecule is CCC(Nc1ccc(N2CCOCC2)nc1C)c1nccs1. The van der Waals surface area contributed by atoms with Gasteiger partial charge in [-0.05, 0) is 25.5 Å². The molecule has 1 fully saturated rings. The Morgan fingerprint density at radius 2 is 2.18 bits per heavy atom. The number of nitrogens with zero attached hydrogens (tertiary/aromatic N) is 3. The fourth-order valence-corrected chi connectivity index (χ4v) is 3.37. The third kappa shape index (κ3) is 3.39. The van der Waals surface area contributed by atoms with Crippen LogP contribution < -0.4 is 10.2 Å². The molecule has 0 bridgehead atoms. The van der Waals surface area contributed by atoms with Crippen LogP contribution in [0.4, 0.5) is 11.5 Å². The van der Waals surface area contributed by atoms with E-state index in [9.17, 15) is 0 Å². The summed E-state index contributed by atoms with van der Waals surface area (Å²) in [6, 6.07) is 4.47. The summed E-state index contributed by atoms with van der Waals surface area (Å²) in [5.74, 6) is 1.04. The maximum atomic E-state index is 5.40. The summed E-state index contributed by atoms with van der Waals surface area (Å²) in [6.07, 6.45) is 2.86. The van der Waals surface area contributed by atoms with Crippen molar-refractivity contribution in [3.8, 4) is 0 Å². The van der Waals surface area contributed by atoms with Gasteiger partial charge in [0.1, 0.15) is 10.8 Å². The average molecular weight is 318 g/mol. The van der Waals surface area contributed by atoms with Gasteiger partial charge in [-0.25, -0.2) is 9.97 Å². The second kappa shape index (κ2) is 7.07. The Morgan fingerprint density at radius 1 is 1.36 bits per heavy atom. The molecule has 1 N–H and O–H groups in total. The number of aryl methyl sites for hydroxylation is 1. The van der Waals surface area contributed by atoms with Gasteiger partial charge >= 0.3 is 0 Å². The first kappa shape index (κ1) is 15.2. The van der Waals surface area contributed by atoms with E-state index in [0.717, 1.165) is 54.9 Å². The Bertz CT molecular complexity index is 596. The highest BCUT2D eigenvalue weighted by Crippen LogP contribution is 2.27. The van der Waals surface area contributed by atoms with Crippen LogP contribution in [0.5, 0.6) is 0 Å². The molecular formula is C16H22N4OS. The van der Waals surface area contributed by atoms with E-state index in [-0.39, 0.29) is 6.04 Å². The van der Waals surface area contributed by atoms with Gasteiger partial charge in [-0.1, -0.05) is 6.92 Å². The van der Waals surface area contributed by atoms with Gasteiger partial charge in [-0.15, -0.1) is 11.3 Å². The fourth-order valence-electron chi connectivity index (χ4n) is 2.60. The topological polar surface area (TPSA) is 50.3 Å². The molecule has 1 saturated heterocycles. The monoisotopic (exact) mass is 318 g/mol. The van der Waals surface area contributed by atoms with Crippen molar-refractivity contribution < 1.29 is 4.74 Å². The molecule has 0 amide bonds. The highest BCUT2D eigenvalue weighted by atomic mass is 32.1. The van der Waals surface area contributed by atoms with E-state index in [2.05, 4.69) is 41.2 Å². The summed E-state index contributed by atoms with van der Waals surface area (Å²) in [4.78, 5) is 11.5. The summed E-state index contributed by atoms with van der Waals surface area (Å²) in [5, 5.41) is 6.72. The summed E-state index contributed by atoms with van der Waals surface area (Å²) in [7, 11) is 0. The first-order valence-corrected chi connectivity index (χ1v) is 8.62. The second-order valence-electron chi connectivity index (χ2n) is 5.38. The lowest BCUT2D eigenvalue weighted by Crippen LogP contribution is -2.36. The van der Waals surface area contributed by atoms with Gasteiger partial charge in [0.15, 0.2) is 0 Å². The van der Waals surface area contributed by atoms with Crippen LogP contribution in [-0.2, 0) is 4.74 Å². The molecule has 5 nitrogen and oxygen atoms in total. The zero-order valence-electron chi connectivity index (χ0n) is 13.1. The van der Waals surface area contributed by atoms with Gasteiger partial charge in [0.25, 0.3) is 0 Å². The van der Waals surface area contributed by atoms with Gasteiger partial charge in [0.05, 0.1) is 30.6 Å². The van der Waals surface area contributed by atoms with Crippen molar-refractivity contribution in [1.29, 1.82) is 0 Å². The number of rotatable bonds is 5. The van der Waals surface area contributed by atoms with E-state index in [0.29, 0.717) is 0 Å². The van der Waals surface area contributed by atoms with Crippen LogP contribution in [0.15, 0.2) is 23.7 Å². The van der Waals surface area contributed by atoms with Gasteiger partial charge in [0.2, 0.25) is 0 Å². The number of hydrogen-bond donors (Lipinski definition) is 1. The molecule has 1 aliphatic rings. The zero-order valence-corrected chi connectivity index (χ0v) is 13.9. The summed E-state index contributed by atoms with van der Waals surface area (Å²) in [6.45, 7) is 7.61. The van der Waals surface area contributed by atoms with Crippen molar-refractivity contribution in [2.45, 2.75) is 26.3 Å². The van der Waals surface area contributed by atoms with E-state index < -0.39 is 0 Å². The van der Waals surface area contributed by atoms with Gasteiger partial charge < -0.3 is 15.0 Å². The number of pyridine rings is 1. The highest BCUT2D eigenvalue weighted by Gasteiger charge is 2.16. The average Bonchev–Trinajstić information content (AvgIpc) is 3.09. The number of thiazole rings is 1. The molecule has 3 heterocycles. The van der Waals surface area contributed by atoms with Crippen LogP contribution in [-0.4, -0.2) is 36.3 Å². The summed E-state index contributed by atoms with van der Waals surface area (Å²) in [5.41, 5.74) is 2.11. The van der Waals surface area contributed by atoms with E-state index in [4.69, 9.17) is 9.72 Å². The third-order valence-corrected chi connectivity index (χ3v) is 4.78. The number of nitrogens with one attached hydrogen (secondary N) is 1. The van der Waals surface area contributed by atoms with Crippen molar-refractivity contribution in [1.82, 2.24) is 9.97 Å². The van der Waals surface area contributed by atoms with Crippen molar-refractivity contribution in [2.24, 2.45) is 0 Å². The van der Waals surface area contributed by atoms with E-state index in [1.54, 1.807) is 11.3 Å². The normalized spacial score (nSPS) is 16.5. The third-order valence-electron chi connectivity index (χ3n) is 3.89. The van der Waals surface area contributed by atoms with Crippen molar-refractivity contribution in [3.05, 3.63) is 34.4 Å². The van der Waals surface area contributed by atoms with Crippen LogP contribution in [0.1, 0.15) is 30.1 Å².